The molecule has 2 aromatic heterocycles. The van der Waals surface area contributed by atoms with Crippen molar-refractivity contribution in [2.24, 2.45) is 0 Å². The first kappa shape index (κ1) is 19.4. The van der Waals surface area contributed by atoms with Gasteiger partial charge in [0.25, 0.3) is 0 Å². The Bertz CT molecular complexity index is 1210. The number of rotatable bonds is 5. The van der Waals surface area contributed by atoms with Crippen LogP contribution in [-0.4, -0.2) is 25.2 Å². The third kappa shape index (κ3) is 3.46. The second-order valence-corrected chi connectivity index (χ2v) is 8.16. The summed E-state index contributed by atoms with van der Waals surface area (Å²) in [6.07, 6.45) is 4.85. The van der Waals surface area contributed by atoms with Crippen LogP contribution in [0.4, 0.5) is 0 Å². The van der Waals surface area contributed by atoms with Gasteiger partial charge in [-0.15, -0.1) is 0 Å². The number of aromatic nitrogens is 3. The highest BCUT2D eigenvalue weighted by Crippen LogP contribution is 2.33. The number of fused-ring (bicyclic) bond motifs is 1. The molecule has 0 radical (unpaired) electrons. The highest BCUT2D eigenvalue weighted by molar-refractivity contribution is 5.84. The number of amides is 1. The minimum atomic E-state index is -0.121. The Morgan fingerprint density at radius 2 is 1.77 bits per heavy atom. The zero-order valence-corrected chi connectivity index (χ0v) is 17.9. The molecule has 0 saturated carbocycles. The van der Waals surface area contributed by atoms with Crippen LogP contribution in [0, 0.1) is 6.92 Å². The monoisotopic (exact) mass is 410 g/mol. The number of carbonyl (C=O) groups is 1. The molecule has 3 heterocycles. The summed E-state index contributed by atoms with van der Waals surface area (Å²) in [6, 6.07) is 22.5. The van der Waals surface area contributed by atoms with Crippen LogP contribution in [-0.2, 0) is 17.9 Å². The number of hydrogen-bond acceptors (Lipinski definition) is 2. The van der Waals surface area contributed by atoms with E-state index in [1.807, 2.05) is 64.4 Å². The van der Waals surface area contributed by atoms with Gasteiger partial charge in [-0.25, -0.2) is 4.68 Å². The molecule has 31 heavy (non-hydrogen) atoms. The number of carbonyl (C=O) groups excluding carboxylic acids is 1. The predicted molar refractivity (Wildman–Crippen MR) is 121 cm³/mol. The summed E-state index contributed by atoms with van der Waals surface area (Å²) in [6.45, 7) is 5.29. The van der Waals surface area contributed by atoms with E-state index in [0.717, 1.165) is 34.7 Å². The van der Waals surface area contributed by atoms with Gasteiger partial charge >= 0.3 is 0 Å². The second kappa shape index (κ2) is 7.91. The molecule has 0 N–H and O–H groups in total. The normalized spacial score (nSPS) is 13.9. The fourth-order valence-corrected chi connectivity index (χ4v) is 4.50. The molecule has 5 heteroatoms. The summed E-state index contributed by atoms with van der Waals surface area (Å²) in [7, 11) is 0. The van der Waals surface area contributed by atoms with E-state index in [1.54, 1.807) is 0 Å². The van der Waals surface area contributed by atoms with E-state index in [0.29, 0.717) is 13.1 Å². The van der Waals surface area contributed by atoms with Crippen LogP contribution in [0.15, 0.2) is 79.1 Å². The van der Waals surface area contributed by atoms with Crippen molar-refractivity contribution in [3.05, 3.63) is 102 Å². The molecule has 1 amide bonds. The van der Waals surface area contributed by atoms with Crippen LogP contribution >= 0.6 is 0 Å². The highest BCUT2D eigenvalue weighted by atomic mass is 16.2. The van der Waals surface area contributed by atoms with Gasteiger partial charge in [0.05, 0.1) is 30.4 Å². The third-order valence-corrected chi connectivity index (χ3v) is 6.04. The zero-order chi connectivity index (χ0) is 21.4. The molecule has 1 unspecified atom stereocenters. The summed E-state index contributed by atoms with van der Waals surface area (Å²) in [5.41, 5.74) is 5.40. The van der Waals surface area contributed by atoms with Crippen LogP contribution < -0.4 is 0 Å². The van der Waals surface area contributed by atoms with Gasteiger partial charge in [-0.05, 0) is 48.7 Å². The van der Waals surface area contributed by atoms with Gasteiger partial charge < -0.3 is 9.47 Å². The van der Waals surface area contributed by atoms with E-state index in [-0.39, 0.29) is 11.8 Å². The molecule has 1 aliphatic rings. The first-order valence-electron chi connectivity index (χ1n) is 10.8. The van der Waals surface area contributed by atoms with Gasteiger partial charge in [0.2, 0.25) is 5.91 Å². The molecular formula is C26H26N4O. The fourth-order valence-electron chi connectivity index (χ4n) is 4.50. The van der Waals surface area contributed by atoms with Gasteiger partial charge in [-0.1, -0.05) is 49.4 Å². The first-order valence-corrected chi connectivity index (χ1v) is 10.8. The maximum Gasteiger partial charge on any atom is 0.230 e. The van der Waals surface area contributed by atoms with Crippen molar-refractivity contribution in [2.45, 2.75) is 39.3 Å². The molecule has 0 aliphatic carbocycles. The lowest BCUT2D eigenvalue weighted by Gasteiger charge is -2.23. The molecule has 5 rings (SSSR count). The van der Waals surface area contributed by atoms with E-state index in [4.69, 9.17) is 5.10 Å². The Hall–Kier alpha value is -3.60. The van der Waals surface area contributed by atoms with Crippen molar-refractivity contribution in [1.82, 2.24) is 19.2 Å². The molecule has 0 saturated heterocycles. The minimum Gasteiger partial charge on any atom is -0.332 e. The van der Waals surface area contributed by atoms with Crippen LogP contribution in [0.2, 0.25) is 0 Å². The average molecular weight is 411 g/mol. The van der Waals surface area contributed by atoms with Crippen molar-refractivity contribution in [3.63, 3.8) is 0 Å². The molecule has 1 atom stereocenters. The molecule has 2 aromatic carbocycles. The van der Waals surface area contributed by atoms with E-state index in [2.05, 4.69) is 42.7 Å². The van der Waals surface area contributed by atoms with Crippen molar-refractivity contribution in [3.8, 4) is 11.5 Å². The molecule has 4 aromatic rings. The Morgan fingerprint density at radius 1 is 1.00 bits per heavy atom. The number of nitrogens with zero attached hydrogens (tertiary/aromatic N) is 4. The van der Waals surface area contributed by atoms with Crippen molar-refractivity contribution < 1.29 is 4.79 Å². The highest BCUT2D eigenvalue weighted by Gasteiger charge is 2.34. The van der Waals surface area contributed by atoms with Gasteiger partial charge in [0.15, 0.2) is 0 Å². The number of aryl methyl sites for hydroxylation is 1. The van der Waals surface area contributed by atoms with Crippen molar-refractivity contribution in [2.75, 3.05) is 0 Å². The fraction of sp³-hybridized carbons (Fsp3) is 0.231. The zero-order valence-electron chi connectivity index (χ0n) is 17.9. The summed E-state index contributed by atoms with van der Waals surface area (Å²) >= 11 is 0. The van der Waals surface area contributed by atoms with Crippen LogP contribution in [0.3, 0.4) is 0 Å². The van der Waals surface area contributed by atoms with E-state index < -0.39 is 0 Å². The second-order valence-electron chi connectivity index (χ2n) is 8.16. The largest absolute Gasteiger partial charge is 0.332 e. The van der Waals surface area contributed by atoms with Crippen LogP contribution in [0.5, 0.6) is 0 Å². The molecule has 0 fully saturated rings. The van der Waals surface area contributed by atoms with Gasteiger partial charge in [0.1, 0.15) is 5.82 Å². The number of hydrogen-bond donors (Lipinski definition) is 0. The number of benzene rings is 2. The molecular weight excluding hydrogens is 384 g/mol. The van der Waals surface area contributed by atoms with Gasteiger partial charge in [0, 0.05) is 18.0 Å². The smallest absolute Gasteiger partial charge is 0.230 e. The quantitative estimate of drug-likeness (QED) is 0.464. The maximum absolute atomic E-state index is 13.4. The van der Waals surface area contributed by atoms with Crippen LogP contribution in [0.1, 0.15) is 41.6 Å². The standard InChI is InChI=1S/C26H26N4O/c1-3-22(20-11-5-4-6-12-20)26(31)29-17-23-24(18-29)27-30(21-13-9-10-19(2)16-21)25(23)28-14-7-8-15-28/h4-16,22H,3,17-18H2,1-2H3. The first-order chi connectivity index (χ1) is 15.2. The van der Waals surface area contributed by atoms with Gasteiger partial charge in [-0.2, -0.15) is 5.10 Å². The predicted octanol–water partition coefficient (Wildman–Crippen LogP) is 5.01. The lowest BCUT2D eigenvalue weighted by atomic mass is 9.95. The molecule has 5 nitrogen and oxygen atoms in total. The van der Waals surface area contributed by atoms with E-state index >= 15 is 0 Å². The Balaban J connectivity index is 1.51. The summed E-state index contributed by atoms with van der Waals surface area (Å²) in [5.74, 6) is 1.06. The SMILES string of the molecule is CCC(C(=O)N1Cc2nn(-c3cccc(C)c3)c(-n3cccc3)c2C1)c1ccccc1. The summed E-state index contributed by atoms with van der Waals surface area (Å²) in [5, 5.41) is 4.95. The Morgan fingerprint density at radius 3 is 2.48 bits per heavy atom. The lowest BCUT2D eigenvalue weighted by molar-refractivity contribution is -0.133. The summed E-state index contributed by atoms with van der Waals surface area (Å²) < 4.78 is 4.10. The van der Waals surface area contributed by atoms with Gasteiger partial charge in [-0.3, -0.25) is 4.79 Å². The van der Waals surface area contributed by atoms with Crippen LogP contribution in [0.25, 0.3) is 11.5 Å². The Labute approximate surface area is 182 Å². The lowest BCUT2D eigenvalue weighted by Crippen LogP contribution is -2.31. The molecule has 1 aliphatic heterocycles. The van der Waals surface area contributed by atoms with Crippen molar-refractivity contribution >= 4 is 5.91 Å². The molecule has 0 spiro atoms. The molecule has 156 valence electrons. The van der Waals surface area contributed by atoms with E-state index in [1.165, 1.54) is 5.56 Å². The van der Waals surface area contributed by atoms with Crippen molar-refractivity contribution in [1.29, 1.82) is 0 Å². The Kier molecular flexibility index (Phi) is 4.94. The molecule has 0 bridgehead atoms. The summed E-state index contributed by atoms with van der Waals surface area (Å²) in [4.78, 5) is 15.4. The third-order valence-electron chi connectivity index (χ3n) is 6.04. The minimum absolute atomic E-state index is 0.121. The average Bonchev–Trinajstić information content (AvgIpc) is 3.51. The maximum atomic E-state index is 13.4. The van der Waals surface area contributed by atoms with E-state index in [9.17, 15) is 4.79 Å². The topological polar surface area (TPSA) is 43.1 Å².